The molecular weight excluding hydrogens is 240 g/mol. The molecule has 0 fully saturated rings. The van der Waals surface area contributed by atoms with Crippen molar-refractivity contribution in [2.24, 2.45) is 0 Å². The molecule has 1 amide bonds. The molecule has 0 aliphatic heterocycles. The Morgan fingerprint density at radius 3 is 2.79 bits per heavy atom. The van der Waals surface area contributed by atoms with Crippen molar-refractivity contribution < 1.29 is 4.79 Å². The molecule has 0 spiro atoms. The fourth-order valence-electron chi connectivity index (χ4n) is 2.36. The predicted octanol–water partition coefficient (Wildman–Crippen LogP) is 1.80. The summed E-state index contributed by atoms with van der Waals surface area (Å²) < 4.78 is 0. The summed E-state index contributed by atoms with van der Waals surface area (Å²) in [6.45, 7) is 0. The number of anilines is 2. The molecule has 0 radical (unpaired) electrons. The molecule has 0 saturated heterocycles. The third-order valence-corrected chi connectivity index (χ3v) is 3.30. The molecule has 0 atom stereocenters. The lowest BCUT2D eigenvalue weighted by molar-refractivity contribution is 0.102. The van der Waals surface area contributed by atoms with Gasteiger partial charge in [-0.15, -0.1) is 0 Å². The second-order valence-corrected chi connectivity index (χ2v) is 4.58. The van der Waals surface area contributed by atoms with Gasteiger partial charge >= 0.3 is 0 Å². The SMILES string of the molecule is Nc1nccnc1C(=O)Nc1ccc2c(c1)CCC2. The molecule has 19 heavy (non-hydrogen) atoms. The summed E-state index contributed by atoms with van der Waals surface area (Å²) in [5.74, 6) is -0.190. The van der Waals surface area contributed by atoms with Crippen molar-refractivity contribution in [3.8, 4) is 0 Å². The Bertz CT molecular complexity index is 639. The quantitative estimate of drug-likeness (QED) is 0.856. The van der Waals surface area contributed by atoms with Crippen LogP contribution in [-0.2, 0) is 12.8 Å². The molecule has 3 rings (SSSR count). The van der Waals surface area contributed by atoms with Crippen LogP contribution in [0.4, 0.5) is 11.5 Å². The molecule has 1 aliphatic rings. The number of nitrogen functional groups attached to an aromatic ring is 1. The van der Waals surface area contributed by atoms with E-state index in [1.54, 1.807) is 0 Å². The van der Waals surface area contributed by atoms with Crippen molar-refractivity contribution >= 4 is 17.4 Å². The van der Waals surface area contributed by atoms with Crippen LogP contribution in [0.2, 0.25) is 0 Å². The van der Waals surface area contributed by atoms with Crippen molar-refractivity contribution in [1.82, 2.24) is 9.97 Å². The number of fused-ring (bicyclic) bond motifs is 1. The molecule has 5 nitrogen and oxygen atoms in total. The number of hydrogen-bond acceptors (Lipinski definition) is 4. The standard InChI is InChI=1S/C14H14N4O/c15-13-12(16-6-7-17-13)14(19)18-11-5-4-9-2-1-3-10(9)8-11/h4-8H,1-3H2,(H2,15,17)(H,18,19). The highest BCUT2D eigenvalue weighted by atomic mass is 16.1. The van der Waals surface area contributed by atoms with Crippen molar-refractivity contribution in [1.29, 1.82) is 0 Å². The molecule has 0 saturated carbocycles. The van der Waals surface area contributed by atoms with Gasteiger partial charge in [-0.3, -0.25) is 4.79 Å². The van der Waals surface area contributed by atoms with Gasteiger partial charge in [0, 0.05) is 18.1 Å². The van der Waals surface area contributed by atoms with E-state index in [1.807, 2.05) is 12.1 Å². The maximum Gasteiger partial charge on any atom is 0.278 e. The van der Waals surface area contributed by atoms with E-state index in [2.05, 4.69) is 21.4 Å². The fourth-order valence-corrected chi connectivity index (χ4v) is 2.36. The van der Waals surface area contributed by atoms with Gasteiger partial charge in [-0.1, -0.05) is 6.07 Å². The fraction of sp³-hybridized carbons (Fsp3) is 0.214. The number of hydrogen-bond donors (Lipinski definition) is 2. The van der Waals surface area contributed by atoms with Crippen LogP contribution in [-0.4, -0.2) is 15.9 Å². The van der Waals surface area contributed by atoms with Crippen molar-refractivity contribution in [2.75, 3.05) is 11.1 Å². The maximum atomic E-state index is 12.0. The Balaban J connectivity index is 1.82. The van der Waals surface area contributed by atoms with Crippen LogP contribution in [0.15, 0.2) is 30.6 Å². The van der Waals surface area contributed by atoms with Gasteiger partial charge < -0.3 is 11.1 Å². The zero-order chi connectivity index (χ0) is 13.2. The van der Waals surface area contributed by atoms with Crippen LogP contribution >= 0.6 is 0 Å². The molecule has 0 unspecified atom stereocenters. The Hall–Kier alpha value is -2.43. The van der Waals surface area contributed by atoms with E-state index in [1.165, 1.54) is 29.9 Å². The average Bonchev–Trinajstić information content (AvgIpc) is 2.86. The van der Waals surface area contributed by atoms with Gasteiger partial charge in [0.25, 0.3) is 5.91 Å². The van der Waals surface area contributed by atoms with Crippen LogP contribution in [0.3, 0.4) is 0 Å². The number of nitrogens with two attached hydrogens (primary N) is 1. The molecular formula is C14H14N4O. The van der Waals surface area contributed by atoms with E-state index < -0.39 is 0 Å². The Morgan fingerprint density at radius 2 is 1.95 bits per heavy atom. The van der Waals surface area contributed by atoms with Crippen LogP contribution < -0.4 is 11.1 Å². The van der Waals surface area contributed by atoms with Crippen molar-refractivity contribution in [2.45, 2.75) is 19.3 Å². The normalized spacial score (nSPS) is 13.1. The summed E-state index contributed by atoms with van der Waals surface area (Å²) in [5.41, 5.74) is 9.24. The molecule has 1 aliphatic carbocycles. The van der Waals surface area contributed by atoms with Gasteiger partial charge in [0.1, 0.15) is 0 Å². The Morgan fingerprint density at radius 1 is 1.16 bits per heavy atom. The second-order valence-electron chi connectivity index (χ2n) is 4.58. The van der Waals surface area contributed by atoms with Gasteiger partial charge in [-0.2, -0.15) is 0 Å². The number of nitrogens with zero attached hydrogens (tertiary/aromatic N) is 2. The first-order chi connectivity index (χ1) is 9.24. The minimum atomic E-state index is -0.330. The van der Waals surface area contributed by atoms with E-state index in [4.69, 9.17) is 5.73 Å². The summed E-state index contributed by atoms with van der Waals surface area (Å²) in [6, 6.07) is 6.00. The lowest BCUT2D eigenvalue weighted by Gasteiger charge is -2.07. The van der Waals surface area contributed by atoms with Gasteiger partial charge in [0.2, 0.25) is 0 Å². The van der Waals surface area contributed by atoms with E-state index in [-0.39, 0.29) is 17.4 Å². The zero-order valence-corrected chi connectivity index (χ0v) is 10.4. The monoisotopic (exact) mass is 254 g/mol. The highest BCUT2D eigenvalue weighted by molar-refractivity contribution is 6.05. The third kappa shape index (κ3) is 2.27. The third-order valence-electron chi connectivity index (χ3n) is 3.30. The van der Waals surface area contributed by atoms with Crippen LogP contribution in [0, 0.1) is 0 Å². The Kier molecular flexibility index (Phi) is 2.87. The van der Waals surface area contributed by atoms with Crippen LogP contribution in [0.5, 0.6) is 0 Å². The second kappa shape index (κ2) is 4.68. The summed E-state index contributed by atoms with van der Waals surface area (Å²) >= 11 is 0. The Labute approximate surface area is 110 Å². The van der Waals surface area contributed by atoms with E-state index in [9.17, 15) is 4.79 Å². The molecule has 0 bridgehead atoms. The molecule has 1 aromatic carbocycles. The van der Waals surface area contributed by atoms with Crippen LogP contribution in [0.1, 0.15) is 28.0 Å². The van der Waals surface area contributed by atoms with Crippen LogP contribution in [0.25, 0.3) is 0 Å². The minimum absolute atomic E-state index is 0.140. The first-order valence-corrected chi connectivity index (χ1v) is 6.23. The number of aromatic nitrogens is 2. The number of nitrogens with one attached hydrogen (secondary N) is 1. The number of benzene rings is 1. The lowest BCUT2D eigenvalue weighted by atomic mass is 10.1. The number of amides is 1. The van der Waals surface area contributed by atoms with Gasteiger partial charge in [-0.25, -0.2) is 9.97 Å². The van der Waals surface area contributed by atoms with Gasteiger partial charge in [-0.05, 0) is 42.5 Å². The number of rotatable bonds is 2. The molecule has 96 valence electrons. The molecule has 2 aromatic rings. The molecule has 1 heterocycles. The number of aryl methyl sites for hydroxylation is 2. The van der Waals surface area contributed by atoms with Gasteiger partial charge in [0.05, 0.1) is 0 Å². The van der Waals surface area contributed by atoms with E-state index in [0.717, 1.165) is 18.5 Å². The molecule has 5 heteroatoms. The summed E-state index contributed by atoms with van der Waals surface area (Å²) in [6.07, 6.45) is 6.30. The largest absolute Gasteiger partial charge is 0.382 e. The minimum Gasteiger partial charge on any atom is -0.382 e. The summed E-state index contributed by atoms with van der Waals surface area (Å²) in [7, 11) is 0. The molecule has 1 aromatic heterocycles. The molecule has 3 N–H and O–H groups in total. The topological polar surface area (TPSA) is 80.9 Å². The zero-order valence-electron chi connectivity index (χ0n) is 10.4. The van der Waals surface area contributed by atoms with E-state index in [0.29, 0.717) is 0 Å². The predicted molar refractivity (Wildman–Crippen MR) is 72.9 cm³/mol. The van der Waals surface area contributed by atoms with Crippen molar-refractivity contribution in [3.05, 3.63) is 47.4 Å². The first-order valence-electron chi connectivity index (χ1n) is 6.23. The van der Waals surface area contributed by atoms with E-state index >= 15 is 0 Å². The highest BCUT2D eigenvalue weighted by Gasteiger charge is 2.14. The smallest absolute Gasteiger partial charge is 0.278 e. The van der Waals surface area contributed by atoms with Gasteiger partial charge in [0.15, 0.2) is 11.5 Å². The number of carbonyl (C=O) groups excluding carboxylic acids is 1. The first kappa shape index (κ1) is 11.6. The number of carbonyl (C=O) groups is 1. The maximum absolute atomic E-state index is 12.0. The lowest BCUT2D eigenvalue weighted by Crippen LogP contribution is -2.16. The average molecular weight is 254 g/mol. The summed E-state index contributed by atoms with van der Waals surface area (Å²) in [4.78, 5) is 19.8. The highest BCUT2D eigenvalue weighted by Crippen LogP contribution is 2.25. The summed E-state index contributed by atoms with van der Waals surface area (Å²) in [5, 5.41) is 2.81. The van der Waals surface area contributed by atoms with Crippen molar-refractivity contribution in [3.63, 3.8) is 0 Å².